The Bertz CT molecular complexity index is 586. The molecule has 6 N–H and O–H groups in total. The predicted molar refractivity (Wildman–Crippen MR) is 68.5 cm³/mol. The van der Waals surface area contributed by atoms with E-state index in [1.165, 1.54) is 0 Å². The molecule has 0 fully saturated rings. The summed E-state index contributed by atoms with van der Waals surface area (Å²) in [6, 6.07) is 3.24. The van der Waals surface area contributed by atoms with Crippen LogP contribution in [-0.4, -0.2) is 15.2 Å². The molecule has 2 rings (SSSR count). The molecule has 0 unspecified atom stereocenters. The zero-order chi connectivity index (χ0) is 12.6. The van der Waals surface area contributed by atoms with Gasteiger partial charge in [-0.3, -0.25) is 0 Å². The van der Waals surface area contributed by atoms with E-state index in [1.807, 2.05) is 0 Å². The van der Waals surface area contributed by atoms with Crippen molar-refractivity contribution in [2.45, 2.75) is 0 Å². The zero-order valence-corrected chi connectivity index (χ0v) is 10.00. The minimum atomic E-state index is -0.0103. The van der Waals surface area contributed by atoms with E-state index >= 15 is 0 Å². The second kappa shape index (κ2) is 4.23. The first-order valence-corrected chi connectivity index (χ1v) is 5.26. The molecule has 0 amide bonds. The highest BCUT2D eigenvalue weighted by atomic mass is 35.5. The van der Waals surface area contributed by atoms with E-state index in [0.717, 1.165) is 0 Å². The van der Waals surface area contributed by atoms with Crippen LogP contribution in [0.5, 0.6) is 0 Å². The van der Waals surface area contributed by atoms with Gasteiger partial charge < -0.3 is 17.2 Å². The molecule has 0 bridgehead atoms. The average molecular weight is 271 g/mol. The average Bonchev–Trinajstić information content (AvgIpc) is 2.28. The number of nitrogen functional groups attached to an aromatic ring is 3. The lowest BCUT2D eigenvalue weighted by Gasteiger charge is -2.08. The van der Waals surface area contributed by atoms with Gasteiger partial charge in [-0.1, -0.05) is 23.2 Å². The molecule has 0 radical (unpaired) electrons. The molecular weight excluding hydrogens is 263 g/mol. The van der Waals surface area contributed by atoms with Crippen LogP contribution in [-0.2, 0) is 0 Å². The first kappa shape index (κ1) is 11.7. The Morgan fingerprint density at radius 2 is 1.65 bits per heavy atom. The fourth-order valence-corrected chi connectivity index (χ4v) is 1.72. The van der Waals surface area contributed by atoms with Crippen molar-refractivity contribution in [1.82, 2.24) is 15.2 Å². The second-order valence-corrected chi connectivity index (χ2v) is 3.99. The summed E-state index contributed by atoms with van der Waals surface area (Å²) in [6.07, 6.45) is 0. The zero-order valence-electron chi connectivity index (χ0n) is 8.48. The Kier molecular flexibility index (Phi) is 2.91. The summed E-state index contributed by atoms with van der Waals surface area (Å²) < 4.78 is 0. The Hall–Kier alpha value is -1.79. The van der Waals surface area contributed by atoms with Crippen molar-refractivity contribution in [1.29, 1.82) is 0 Å². The molecular formula is C9H8Cl2N6. The van der Waals surface area contributed by atoms with E-state index in [4.69, 9.17) is 40.4 Å². The first-order chi connectivity index (χ1) is 8.00. The third kappa shape index (κ3) is 2.04. The maximum absolute atomic E-state index is 6.05. The van der Waals surface area contributed by atoms with Crippen LogP contribution < -0.4 is 17.2 Å². The Labute approximate surface area is 107 Å². The molecule has 2 aromatic rings. The molecule has 0 atom stereocenters. The molecule has 88 valence electrons. The van der Waals surface area contributed by atoms with E-state index < -0.39 is 0 Å². The lowest BCUT2D eigenvalue weighted by Crippen LogP contribution is -2.04. The number of halogens is 2. The Morgan fingerprint density at radius 3 is 2.29 bits per heavy atom. The highest BCUT2D eigenvalue weighted by molar-refractivity contribution is 6.45. The number of benzene rings is 1. The van der Waals surface area contributed by atoms with Gasteiger partial charge in [-0.15, -0.1) is 10.2 Å². The van der Waals surface area contributed by atoms with Gasteiger partial charge in [0.25, 0.3) is 0 Å². The number of anilines is 3. The van der Waals surface area contributed by atoms with Crippen molar-refractivity contribution in [3.8, 4) is 11.3 Å². The van der Waals surface area contributed by atoms with Crippen molar-refractivity contribution in [2.24, 2.45) is 0 Å². The minimum Gasteiger partial charge on any atom is -0.397 e. The summed E-state index contributed by atoms with van der Waals surface area (Å²) in [6.45, 7) is 0. The van der Waals surface area contributed by atoms with Crippen LogP contribution in [0.2, 0.25) is 10.0 Å². The summed E-state index contributed by atoms with van der Waals surface area (Å²) >= 11 is 12.0. The number of hydrogen-bond donors (Lipinski definition) is 3. The van der Waals surface area contributed by atoms with Crippen molar-refractivity contribution in [3.05, 3.63) is 22.2 Å². The summed E-state index contributed by atoms with van der Waals surface area (Å²) in [5.41, 5.74) is 17.8. The van der Waals surface area contributed by atoms with Gasteiger partial charge >= 0.3 is 0 Å². The molecule has 0 spiro atoms. The normalized spacial score (nSPS) is 10.5. The molecule has 0 aliphatic rings. The molecule has 0 aliphatic carbocycles. The van der Waals surface area contributed by atoms with Crippen molar-refractivity contribution in [2.75, 3.05) is 17.2 Å². The monoisotopic (exact) mass is 270 g/mol. The molecule has 0 saturated carbocycles. The predicted octanol–water partition coefficient (Wildman–Crippen LogP) is 1.59. The minimum absolute atomic E-state index is 0.0103. The van der Waals surface area contributed by atoms with Gasteiger partial charge in [0.1, 0.15) is 5.69 Å². The maximum Gasteiger partial charge on any atom is 0.242 e. The van der Waals surface area contributed by atoms with E-state index in [1.54, 1.807) is 12.1 Å². The molecule has 0 aliphatic heterocycles. The van der Waals surface area contributed by atoms with E-state index in [0.29, 0.717) is 16.9 Å². The highest BCUT2D eigenvalue weighted by Gasteiger charge is 2.14. The third-order valence-electron chi connectivity index (χ3n) is 2.10. The van der Waals surface area contributed by atoms with Gasteiger partial charge in [0.2, 0.25) is 5.95 Å². The van der Waals surface area contributed by atoms with E-state index in [-0.39, 0.29) is 21.8 Å². The van der Waals surface area contributed by atoms with Crippen LogP contribution in [0.4, 0.5) is 17.5 Å². The van der Waals surface area contributed by atoms with Crippen LogP contribution in [0.15, 0.2) is 12.1 Å². The number of nitrogens with two attached hydrogens (primary N) is 3. The van der Waals surface area contributed by atoms with Crippen LogP contribution in [0.3, 0.4) is 0 Å². The maximum atomic E-state index is 6.05. The SMILES string of the molecule is Nc1nnc(-c2ccc(N)c(Cl)c2Cl)c(N)n1. The summed E-state index contributed by atoms with van der Waals surface area (Å²) in [5, 5.41) is 7.93. The highest BCUT2D eigenvalue weighted by Crippen LogP contribution is 2.37. The molecule has 17 heavy (non-hydrogen) atoms. The topological polar surface area (TPSA) is 117 Å². The molecule has 0 saturated heterocycles. The fourth-order valence-electron chi connectivity index (χ4n) is 1.29. The number of nitrogens with zero attached hydrogens (tertiary/aromatic N) is 3. The molecule has 1 aromatic carbocycles. The van der Waals surface area contributed by atoms with Crippen LogP contribution in [0, 0.1) is 0 Å². The van der Waals surface area contributed by atoms with Crippen LogP contribution in [0.1, 0.15) is 0 Å². The summed E-state index contributed by atoms with van der Waals surface area (Å²) in [4.78, 5) is 3.79. The lowest BCUT2D eigenvalue weighted by molar-refractivity contribution is 1.000. The summed E-state index contributed by atoms with van der Waals surface area (Å²) in [7, 11) is 0. The Morgan fingerprint density at radius 1 is 0.941 bits per heavy atom. The second-order valence-electron chi connectivity index (χ2n) is 3.23. The quantitative estimate of drug-likeness (QED) is 0.678. The standard InChI is InChI=1S/C9H8Cl2N6/c10-5-3(1-2-4(12)6(5)11)7-8(13)15-9(14)17-16-7/h1-2H,12H2,(H4,13,14,15,17). The summed E-state index contributed by atoms with van der Waals surface area (Å²) in [5.74, 6) is 0.115. The molecule has 6 nitrogen and oxygen atoms in total. The van der Waals surface area contributed by atoms with Gasteiger partial charge in [-0.25, -0.2) is 0 Å². The number of aromatic nitrogens is 3. The largest absolute Gasteiger partial charge is 0.397 e. The van der Waals surface area contributed by atoms with Crippen LogP contribution in [0.25, 0.3) is 11.3 Å². The fraction of sp³-hybridized carbons (Fsp3) is 0. The first-order valence-electron chi connectivity index (χ1n) is 4.50. The molecule has 1 aromatic heterocycles. The Balaban J connectivity index is 2.65. The van der Waals surface area contributed by atoms with Crippen molar-refractivity contribution >= 4 is 40.7 Å². The van der Waals surface area contributed by atoms with E-state index in [9.17, 15) is 0 Å². The van der Waals surface area contributed by atoms with Crippen molar-refractivity contribution in [3.63, 3.8) is 0 Å². The third-order valence-corrected chi connectivity index (χ3v) is 2.99. The van der Waals surface area contributed by atoms with E-state index in [2.05, 4.69) is 15.2 Å². The smallest absolute Gasteiger partial charge is 0.242 e. The van der Waals surface area contributed by atoms with Crippen molar-refractivity contribution < 1.29 is 0 Å². The lowest BCUT2D eigenvalue weighted by atomic mass is 10.1. The number of rotatable bonds is 1. The van der Waals surface area contributed by atoms with Gasteiger partial charge in [0.15, 0.2) is 5.82 Å². The van der Waals surface area contributed by atoms with Gasteiger partial charge in [0, 0.05) is 5.56 Å². The number of hydrogen-bond acceptors (Lipinski definition) is 6. The van der Waals surface area contributed by atoms with Crippen LogP contribution >= 0.6 is 23.2 Å². The van der Waals surface area contributed by atoms with Gasteiger partial charge in [-0.2, -0.15) is 4.98 Å². The van der Waals surface area contributed by atoms with Gasteiger partial charge in [-0.05, 0) is 12.1 Å². The van der Waals surface area contributed by atoms with Gasteiger partial charge in [0.05, 0.1) is 15.7 Å². The molecule has 1 heterocycles. The molecule has 8 heteroatoms.